The predicted octanol–water partition coefficient (Wildman–Crippen LogP) is 2.15. The van der Waals surface area contributed by atoms with E-state index in [2.05, 4.69) is 43.5 Å². The first-order valence-corrected chi connectivity index (χ1v) is 9.63. The zero-order valence-corrected chi connectivity index (χ0v) is 16.9. The SMILES string of the molecule is CN=C(NCc1ccnc(N2CCN(C)CC2)c1)NCc1ccc(F)c(C)c1. The molecule has 1 aromatic heterocycles. The van der Waals surface area contributed by atoms with Crippen molar-refractivity contribution in [2.75, 3.05) is 45.2 Å². The van der Waals surface area contributed by atoms with Gasteiger partial charge in [-0.15, -0.1) is 0 Å². The van der Waals surface area contributed by atoms with Gasteiger partial charge in [0.25, 0.3) is 0 Å². The molecule has 3 rings (SSSR count). The quantitative estimate of drug-likeness (QED) is 0.611. The molecule has 0 saturated carbocycles. The lowest BCUT2D eigenvalue weighted by atomic mass is 10.1. The highest BCUT2D eigenvalue weighted by Crippen LogP contribution is 2.14. The summed E-state index contributed by atoms with van der Waals surface area (Å²) < 4.78 is 13.4. The highest BCUT2D eigenvalue weighted by molar-refractivity contribution is 5.79. The minimum atomic E-state index is -0.180. The maximum Gasteiger partial charge on any atom is 0.191 e. The summed E-state index contributed by atoms with van der Waals surface area (Å²) >= 11 is 0. The Kier molecular flexibility index (Phi) is 6.81. The number of aliphatic imine (C=N–C) groups is 1. The third-order valence-corrected chi connectivity index (χ3v) is 5.00. The Balaban J connectivity index is 1.53. The van der Waals surface area contributed by atoms with E-state index < -0.39 is 0 Å². The van der Waals surface area contributed by atoms with Crippen LogP contribution in [0.3, 0.4) is 0 Å². The largest absolute Gasteiger partial charge is 0.354 e. The summed E-state index contributed by atoms with van der Waals surface area (Å²) in [6, 6.07) is 9.28. The van der Waals surface area contributed by atoms with E-state index in [1.165, 1.54) is 6.07 Å². The fourth-order valence-corrected chi connectivity index (χ4v) is 3.19. The number of anilines is 1. The topological polar surface area (TPSA) is 55.8 Å². The fraction of sp³-hybridized carbons (Fsp3) is 0.429. The van der Waals surface area contributed by atoms with E-state index in [0.717, 1.165) is 43.1 Å². The number of rotatable bonds is 5. The van der Waals surface area contributed by atoms with E-state index in [1.807, 2.05) is 18.3 Å². The van der Waals surface area contributed by atoms with E-state index in [0.29, 0.717) is 24.6 Å². The molecule has 0 spiro atoms. The second-order valence-electron chi connectivity index (χ2n) is 7.18. The van der Waals surface area contributed by atoms with Crippen LogP contribution in [0.15, 0.2) is 41.5 Å². The molecule has 0 aliphatic carbocycles. The summed E-state index contributed by atoms with van der Waals surface area (Å²) in [6.45, 7) is 7.14. The Morgan fingerprint density at radius 1 is 1.07 bits per heavy atom. The molecule has 1 aliphatic heterocycles. The lowest BCUT2D eigenvalue weighted by Crippen LogP contribution is -2.44. The summed E-state index contributed by atoms with van der Waals surface area (Å²) in [5.41, 5.74) is 2.82. The molecule has 0 bridgehead atoms. The maximum absolute atomic E-state index is 13.4. The number of pyridine rings is 1. The Bertz CT molecular complexity index is 814. The number of benzene rings is 1. The lowest BCUT2D eigenvalue weighted by molar-refractivity contribution is 0.312. The summed E-state index contributed by atoms with van der Waals surface area (Å²) in [6.07, 6.45) is 1.86. The first-order valence-electron chi connectivity index (χ1n) is 9.63. The van der Waals surface area contributed by atoms with Crippen molar-refractivity contribution in [2.24, 2.45) is 4.99 Å². The van der Waals surface area contributed by atoms with Gasteiger partial charge in [-0.2, -0.15) is 0 Å². The Morgan fingerprint density at radius 2 is 1.75 bits per heavy atom. The summed E-state index contributed by atoms with van der Waals surface area (Å²) in [5.74, 6) is 1.55. The smallest absolute Gasteiger partial charge is 0.191 e. The molecule has 2 heterocycles. The van der Waals surface area contributed by atoms with Crippen molar-refractivity contribution in [3.05, 3.63) is 59.0 Å². The van der Waals surface area contributed by atoms with E-state index in [1.54, 1.807) is 20.0 Å². The molecule has 150 valence electrons. The normalized spacial score (nSPS) is 15.6. The Labute approximate surface area is 166 Å². The number of hydrogen-bond acceptors (Lipinski definition) is 4. The molecular formula is C21H29FN6. The Morgan fingerprint density at radius 3 is 2.39 bits per heavy atom. The van der Waals surface area contributed by atoms with Crippen molar-refractivity contribution in [3.8, 4) is 0 Å². The molecule has 0 amide bonds. The number of nitrogens with zero attached hydrogens (tertiary/aromatic N) is 4. The highest BCUT2D eigenvalue weighted by Gasteiger charge is 2.15. The monoisotopic (exact) mass is 384 g/mol. The molecule has 1 aromatic carbocycles. The van der Waals surface area contributed by atoms with E-state index in [-0.39, 0.29) is 5.82 Å². The molecule has 0 unspecified atom stereocenters. The summed E-state index contributed by atoms with van der Waals surface area (Å²) in [4.78, 5) is 13.5. The number of aryl methyl sites for hydroxylation is 1. The van der Waals surface area contributed by atoms with Gasteiger partial charge in [0.1, 0.15) is 11.6 Å². The van der Waals surface area contributed by atoms with Crippen LogP contribution in [0, 0.1) is 12.7 Å². The molecule has 1 saturated heterocycles. The van der Waals surface area contributed by atoms with Crippen molar-refractivity contribution >= 4 is 11.8 Å². The van der Waals surface area contributed by atoms with Crippen molar-refractivity contribution in [1.29, 1.82) is 0 Å². The van der Waals surface area contributed by atoms with Gasteiger partial charge in [0, 0.05) is 52.5 Å². The molecule has 28 heavy (non-hydrogen) atoms. The molecule has 1 aliphatic rings. The standard InChI is InChI=1S/C21H29FN6/c1-16-12-17(4-5-19(16)22)14-25-21(23-2)26-15-18-6-7-24-20(13-18)28-10-8-27(3)9-11-28/h4-7,12-13H,8-11,14-15H2,1-3H3,(H2,23,25,26). The average Bonchev–Trinajstić information content (AvgIpc) is 2.71. The van der Waals surface area contributed by atoms with Gasteiger partial charge in [0.05, 0.1) is 0 Å². The zero-order valence-electron chi connectivity index (χ0n) is 16.9. The number of aromatic nitrogens is 1. The van der Waals surface area contributed by atoms with Crippen molar-refractivity contribution in [2.45, 2.75) is 20.0 Å². The number of halogens is 1. The van der Waals surface area contributed by atoms with Crippen LogP contribution in [0.5, 0.6) is 0 Å². The van der Waals surface area contributed by atoms with Crippen molar-refractivity contribution in [1.82, 2.24) is 20.5 Å². The second kappa shape index (κ2) is 9.50. The van der Waals surface area contributed by atoms with E-state index in [4.69, 9.17) is 0 Å². The van der Waals surface area contributed by atoms with Crippen molar-refractivity contribution < 1.29 is 4.39 Å². The van der Waals surface area contributed by atoms with Crippen molar-refractivity contribution in [3.63, 3.8) is 0 Å². The maximum atomic E-state index is 13.4. The Hall–Kier alpha value is -2.67. The zero-order chi connectivity index (χ0) is 19.9. The van der Waals surface area contributed by atoms with Crippen LogP contribution in [0.4, 0.5) is 10.2 Å². The third-order valence-electron chi connectivity index (χ3n) is 5.00. The number of guanidine groups is 1. The van der Waals surface area contributed by atoms with E-state index >= 15 is 0 Å². The predicted molar refractivity (Wildman–Crippen MR) is 112 cm³/mol. The van der Waals surface area contributed by atoms with Gasteiger partial charge in [-0.25, -0.2) is 9.37 Å². The number of likely N-dealkylation sites (N-methyl/N-ethyl adjacent to an activating group) is 1. The average molecular weight is 385 g/mol. The minimum Gasteiger partial charge on any atom is -0.354 e. The molecule has 6 nitrogen and oxygen atoms in total. The van der Waals surface area contributed by atoms with Gasteiger partial charge in [-0.3, -0.25) is 4.99 Å². The summed E-state index contributed by atoms with van der Waals surface area (Å²) in [7, 11) is 3.89. The van der Waals surface area contributed by atoms with Gasteiger partial charge >= 0.3 is 0 Å². The van der Waals surface area contributed by atoms with Crippen LogP contribution >= 0.6 is 0 Å². The molecule has 2 N–H and O–H groups in total. The van der Waals surface area contributed by atoms with Crippen LogP contribution < -0.4 is 15.5 Å². The number of nitrogens with one attached hydrogen (secondary N) is 2. The van der Waals surface area contributed by atoms with E-state index in [9.17, 15) is 4.39 Å². The van der Waals surface area contributed by atoms with Crippen LogP contribution in [0.1, 0.15) is 16.7 Å². The molecule has 1 fully saturated rings. The van der Waals surface area contributed by atoms with Crippen LogP contribution in [-0.2, 0) is 13.1 Å². The molecule has 7 heteroatoms. The molecular weight excluding hydrogens is 355 g/mol. The third kappa shape index (κ3) is 5.42. The first-order chi connectivity index (χ1) is 13.5. The lowest BCUT2D eigenvalue weighted by Gasteiger charge is -2.33. The highest BCUT2D eigenvalue weighted by atomic mass is 19.1. The van der Waals surface area contributed by atoms with Gasteiger partial charge < -0.3 is 20.4 Å². The van der Waals surface area contributed by atoms with Gasteiger partial charge in [-0.1, -0.05) is 12.1 Å². The molecule has 2 aromatic rings. The van der Waals surface area contributed by atoms with Gasteiger partial charge in [0.2, 0.25) is 0 Å². The number of piperazine rings is 1. The summed E-state index contributed by atoms with van der Waals surface area (Å²) in [5, 5.41) is 6.60. The number of hydrogen-bond donors (Lipinski definition) is 2. The first kappa shape index (κ1) is 20.1. The van der Waals surface area contributed by atoms with Gasteiger partial charge in [-0.05, 0) is 48.9 Å². The van der Waals surface area contributed by atoms with Crippen LogP contribution in [0.2, 0.25) is 0 Å². The van der Waals surface area contributed by atoms with Crippen LogP contribution in [0.25, 0.3) is 0 Å². The van der Waals surface area contributed by atoms with Crippen LogP contribution in [-0.4, -0.2) is 56.1 Å². The minimum absolute atomic E-state index is 0.180. The molecule has 0 atom stereocenters. The second-order valence-corrected chi connectivity index (χ2v) is 7.18. The fourth-order valence-electron chi connectivity index (χ4n) is 3.19. The molecule has 0 radical (unpaired) electrons. The van der Waals surface area contributed by atoms with Gasteiger partial charge in [0.15, 0.2) is 5.96 Å².